The van der Waals surface area contributed by atoms with Crippen molar-refractivity contribution in [2.24, 2.45) is 71.0 Å². The molecule has 0 heteroatoms. The molecule has 5 aliphatic carbocycles. The molecule has 228 valence electrons. The molecule has 5 saturated carbocycles. The Labute approximate surface area is 247 Å². The molecule has 0 N–H and O–H groups in total. The van der Waals surface area contributed by atoms with Crippen LogP contribution in [0.5, 0.6) is 0 Å². The lowest BCUT2D eigenvalue weighted by atomic mass is 9.56. The van der Waals surface area contributed by atoms with Crippen LogP contribution in [-0.2, 0) is 0 Å². The van der Waals surface area contributed by atoms with Gasteiger partial charge in [-0.25, -0.2) is 0 Å². The minimum absolute atomic E-state index is 0.913. The van der Waals surface area contributed by atoms with Crippen LogP contribution in [0.4, 0.5) is 0 Å². The second-order valence-corrected chi connectivity index (χ2v) is 16.5. The SMILES string of the molecule is CCCCC1C(C)CC2CCCC2C1C1CCC(C(C)C)CC1.CCCCC1CCC(C2CCC(C)C2)CC1. The average molecular weight is 541 g/mol. The van der Waals surface area contributed by atoms with E-state index in [9.17, 15) is 0 Å². The molecule has 0 bridgehead atoms. The Balaban J connectivity index is 0.000000193. The lowest BCUT2D eigenvalue weighted by molar-refractivity contribution is -0.00486. The molecule has 7 atom stereocenters. The topological polar surface area (TPSA) is 0 Å². The van der Waals surface area contributed by atoms with Gasteiger partial charge >= 0.3 is 0 Å². The second kappa shape index (κ2) is 16.0. The number of hydrogen-bond acceptors (Lipinski definition) is 0. The summed E-state index contributed by atoms with van der Waals surface area (Å²) in [5.41, 5.74) is 0. The van der Waals surface area contributed by atoms with Gasteiger partial charge in [-0.15, -0.1) is 0 Å². The van der Waals surface area contributed by atoms with E-state index in [0.717, 1.165) is 71.0 Å². The molecule has 0 aromatic carbocycles. The van der Waals surface area contributed by atoms with Crippen molar-refractivity contribution in [1.82, 2.24) is 0 Å². The summed E-state index contributed by atoms with van der Waals surface area (Å²) in [6, 6.07) is 0. The van der Waals surface area contributed by atoms with Crippen LogP contribution in [0.3, 0.4) is 0 Å². The Morgan fingerprint density at radius 3 is 1.85 bits per heavy atom. The number of unbranched alkanes of at least 4 members (excludes halogenated alkanes) is 2. The van der Waals surface area contributed by atoms with Gasteiger partial charge in [0.2, 0.25) is 0 Å². The highest BCUT2D eigenvalue weighted by Gasteiger charge is 2.47. The highest BCUT2D eigenvalue weighted by atomic mass is 14.5. The molecular formula is C39H72. The standard InChI is InChI=1S/C23H42.C16H30/c1-5-6-9-21-17(4)15-20-8-7-10-22(20)23(21)19-13-11-18(12-14-19)16(2)3;1-3-4-5-14-7-10-15(11-8-14)16-9-6-13(2)12-16/h16-23H,5-15H2,1-4H3;13-16H,3-12H2,1-2H3. The van der Waals surface area contributed by atoms with Crippen LogP contribution in [0.15, 0.2) is 0 Å². The van der Waals surface area contributed by atoms with Gasteiger partial charge in [-0.2, -0.15) is 0 Å². The molecule has 0 saturated heterocycles. The predicted molar refractivity (Wildman–Crippen MR) is 173 cm³/mol. The monoisotopic (exact) mass is 541 g/mol. The van der Waals surface area contributed by atoms with Gasteiger partial charge < -0.3 is 0 Å². The molecule has 5 fully saturated rings. The van der Waals surface area contributed by atoms with E-state index in [2.05, 4.69) is 41.5 Å². The van der Waals surface area contributed by atoms with Crippen LogP contribution < -0.4 is 0 Å². The van der Waals surface area contributed by atoms with E-state index >= 15 is 0 Å². The van der Waals surface area contributed by atoms with Crippen LogP contribution in [0, 0.1) is 71.0 Å². The van der Waals surface area contributed by atoms with Gasteiger partial charge in [-0.1, -0.05) is 106 Å². The maximum absolute atomic E-state index is 2.61. The molecule has 39 heavy (non-hydrogen) atoms. The quantitative estimate of drug-likeness (QED) is 0.273. The number of hydrogen-bond donors (Lipinski definition) is 0. The fraction of sp³-hybridized carbons (Fsp3) is 1.00. The van der Waals surface area contributed by atoms with Crippen molar-refractivity contribution in [2.45, 2.75) is 176 Å². The molecule has 0 aromatic rings. The van der Waals surface area contributed by atoms with Crippen molar-refractivity contribution in [1.29, 1.82) is 0 Å². The Kier molecular flexibility index (Phi) is 13.1. The van der Waals surface area contributed by atoms with Gasteiger partial charge in [0.1, 0.15) is 0 Å². The van der Waals surface area contributed by atoms with Gasteiger partial charge in [0.25, 0.3) is 0 Å². The fourth-order valence-electron chi connectivity index (χ4n) is 11.1. The van der Waals surface area contributed by atoms with E-state index in [1.165, 1.54) is 57.8 Å². The Bertz CT molecular complexity index is 647. The normalized spacial score (nSPS) is 42.7. The molecule has 0 aromatic heterocycles. The zero-order valence-electron chi connectivity index (χ0n) is 27.8. The maximum atomic E-state index is 2.61. The first-order chi connectivity index (χ1) is 18.9. The summed E-state index contributed by atoms with van der Waals surface area (Å²) in [6.07, 6.45) is 32.1. The van der Waals surface area contributed by atoms with Crippen molar-refractivity contribution in [2.75, 3.05) is 0 Å². The molecule has 0 nitrogen and oxygen atoms in total. The average Bonchev–Trinajstić information content (AvgIpc) is 3.60. The molecule has 0 spiro atoms. The third-order valence-corrected chi connectivity index (χ3v) is 13.6. The first kappa shape index (κ1) is 31.9. The van der Waals surface area contributed by atoms with Crippen molar-refractivity contribution in [3.8, 4) is 0 Å². The largest absolute Gasteiger partial charge is 0.0654 e. The molecule has 0 aliphatic heterocycles. The summed E-state index contributed by atoms with van der Waals surface area (Å²) >= 11 is 0. The van der Waals surface area contributed by atoms with Gasteiger partial charge in [0.15, 0.2) is 0 Å². The molecule has 0 amide bonds. The lowest BCUT2D eigenvalue weighted by Gasteiger charge is -2.50. The molecule has 5 aliphatic rings. The maximum Gasteiger partial charge on any atom is -0.0324 e. The summed E-state index contributed by atoms with van der Waals surface area (Å²) in [5, 5.41) is 0. The first-order valence-electron chi connectivity index (χ1n) is 18.9. The molecule has 0 heterocycles. The van der Waals surface area contributed by atoms with Crippen molar-refractivity contribution in [3.63, 3.8) is 0 Å². The fourth-order valence-corrected chi connectivity index (χ4v) is 11.1. The highest BCUT2D eigenvalue weighted by Crippen LogP contribution is 2.56. The Hall–Kier alpha value is 0. The van der Waals surface area contributed by atoms with E-state index in [1.54, 1.807) is 77.0 Å². The van der Waals surface area contributed by atoms with Gasteiger partial charge in [-0.3, -0.25) is 0 Å². The summed E-state index contributed by atoms with van der Waals surface area (Å²) in [4.78, 5) is 0. The third kappa shape index (κ3) is 8.76. The zero-order chi connectivity index (χ0) is 27.8. The van der Waals surface area contributed by atoms with E-state index in [0.29, 0.717) is 0 Å². The van der Waals surface area contributed by atoms with E-state index in [4.69, 9.17) is 0 Å². The molecular weight excluding hydrogens is 468 g/mol. The Morgan fingerprint density at radius 2 is 1.23 bits per heavy atom. The zero-order valence-corrected chi connectivity index (χ0v) is 27.8. The van der Waals surface area contributed by atoms with E-state index in [1.807, 2.05) is 0 Å². The van der Waals surface area contributed by atoms with Crippen LogP contribution >= 0.6 is 0 Å². The highest BCUT2D eigenvalue weighted by molar-refractivity contribution is 4.97. The summed E-state index contributed by atoms with van der Waals surface area (Å²) in [5.74, 6) is 12.8. The predicted octanol–water partition coefficient (Wildman–Crippen LogP) is 12.7. The van der Waals surface area contributed by atoms with Crippen LogP contribution in [0.1, 0.15) is 176 Å². The summed E-state index contributed by atoms with van der Waals surface area (Å²) in [7, 11) is 0. The van der Waals surface area contributed by atoms with Gasteiger partial charge in [0, 0.05) is 0 Å². The van der Waals surface area contributed by atoms with Crippen LogP contribution in [-0.4, -0.2) is 0 Å². The van der Waals surface area contributed by atoms with Crippen molar-refractivity contribution < 1.29 is 0 Å². The van der Waals surface area contributed by atoms with Crippen molar-refractivity contribution >= 4 is 0 Å². The molecule has 5 rings (SSSR count). The molecule has 0 radical (unpaired) electrons. The van der Waals surface area contributed by atoms with E-state index in [-0.39, 0.29) is 0 Å². The second-order valence-electron chi connectivity index (χ2n) is 16.5. The first-order valence-corrected chi connectivity index (χ1v) is 18.9. The summed E-state index contributed by atoms with van der Waals surface area (Å²) in [6.45, 7) is 14.7. The van der Waals surface area contributed by atoms with Gasteiger partial charge in [0.05, 0.1) is 0 Å². The summed E-state index contributed by atoms with van der Waals surface area (Å²) < 4.78 is 0. The number of rotatable bonds is 9. The molecule has 7 unspecified atom stereocenters. The van der Waals surface area contributed by atoms with E-state index < -0.39 is 0 Å². The lowest BCUT2D eigenvalue weighted by Crippen LogP contribution is -2.42. The minimum atomic E-state index is 0.913. The minimum Gasteiger partial charge on any atom is -0.0654 e. The van der Waals surface area contributed by atoms with Crippen LogP contribution in [0.2, 0.25) is 0 Å². The van der Waals surface area contributed by atoms with Gasteiger partial charge in [-0.05, 0) is 142 Å². The number of fused-ring (bicyclic) bond motifs is 1. The van der Waals surface area contributed by atoms with Crippen molar-refractivity contribution in [3.05, 3.63) is 0 Å². The third-order valence-electron chi connectivity index (χ3n) is 13.6. The smallest absolute Gasteiger partial charge is 0.0324 e. The van der Waals surface area contributed by atoms with Crippen LogP contribution in [0.25, 0.3) is 0 Å². The Morgan fingerprint density at radius 1 is 0.590 bits per heavy atom.